The minimum atomic E-state index is -0.210. The Balaban J connectivity index is 1.53. The summed E-state index contributed by atoms with van der Waals surface area (Å²) in [5.74, 6) is 1.15. The molecule has 1 aliphatic heterocycles. The van der Waals surface area contributed by atoms with E-state index in [1.54, 1.807) is 4.90 Å². The lowest BCUT2D eigenvalue weighted by Crippen LogP contribution is -2.38. The van der Waals surface area contributed by atoms with Crippen LogP contribution in [0.1, 0.15) is 48.2 Å². The van der Waals surface area contributed by atoms with Crippen molar-refractivity contribution in [3.8, 4) is 5.75 Å². The highest BCUT2D eigenvalue weighted by molar-refractivity contribution is 5.67. The van der Waals surface area contributed by atoms with Gasteiger partial charge in [-0.25, -0.2) is 9.78 Å². The first-order chi connectivity index (χ1) is 14.6. The van der Waals surface area contributed by atoms with Gasteiger partial charge in [0.2, 0.25) is 0 Å². The highest BCUT2D eigenvalue weighted by Crippen LogP contribution is 2.33. The second-order valence-electron chi connectivity index (χ2n) is 7.82. The monoisotopic (exact) mass is 407 g/mol. The summed E-state index contributed by atoms with van der Waals surface area (Å²) in [7, 11) is 0. The Labute approximate surface area is 177 Å². The van der Waals surface area contributed by atoms with Gasteiger partial charge in [-0.05, 0) is 56.9 Å². The topological polar surface area (TPSA) is 56.1 Å². The molecule has 0 bridgehead atoms. The Morgan fingerprint density at radius 2 is 1.90 bits per heavy atom. The largest absolute Gasteiger partial charge is 0.485 e. The van der Waals surface area contributed by atoms with Crippen LogP contribution in [-0.4, -0.2) is 40.1 Å². The van der Waals surface area contributed by atoms with E-state index in [-0.39, 0.29) is 6.09 Å². The summed E-state index contributed by atoms with van der Waals surface area (Å²) < 4.78 is 13.5. The SMILES string of the molecule is CCOC(=O)N1CCC(c2c(C)nc3c(OCc4ccccc4C)cccn23)CC1. The second-order valence-corrected chi connectivity index (χ2v) is 7.82. The van der Waals surface area contributed by atoms with Gasteiger partial charge in [0, 0.05) is 30.9 Å². The minimum absolute atomic E-state index is 0.210. The van der Waals surface area contributed by atoms with Gasteiger partial charge in [-0.2, -0.15) is 0 Å². The summed E-state index contributed by atoms with van der Waals surface area (Å²) in [5, 5.41) is 0. The predicted molar refractivity (Wildman–Crippen MR) is 116 cm³/mol. The zero-order valence-electron chi connectivity index (χ0n) is 17.9. The van der Waals surface area contributed by atoms with Crippen LogP contribution in [-0.2, 0) is 11.3 Å². The van der Waals surface area contributed by atoms with Crippen molar-refractivity contribution in [3.63, 3.8) is 0 Å². The van der Waals surface area contributed by atoms with E-state index in [4.69, 9.17) is 14.5 Å². The van der Waals surface area contributed by atoms with Crippen molar-refractivity contribution < 1.29 is 14.3 Å². The van der Waals surface area contributed by atoms with Crippen molar-refractivity contribution in [1.29, 1.82) is 0 Å². The van der Waals surface area contributed by atoms with E-state index in [9.17, 15) is 4.79 Å². The normalized spacial score (nSPS) is 14.8. The van der Waals surface area contributed by atoms with Crippen LogP contribution in [0.3, 0.4) is 0 Å². The number of aryl methyl sites for hydroxylation is 2. The molecule has 2 aromatic heterocycles. The summed E-state index contributed by atoms with van der Waals surface area (Å²) >= 11 is 0. The Morgan fingerprint density at radius 1 is 1.13 bits per heavy atom. The first kappa shape index (κ1) is 20.3. The summed E-state index contributed by atoms with van der Waals surface area (Å²) in [6.45, 7) is 8.34. The summed E-state index contributed by atoms with van der Waals surface area (Å²) in [5.41, 5.74) is 5.49. The van der Waals surface area contributed by atoms with Gasteiger partial charge in [0.1, 0.15) is 6.61 Å². The molecule has 6 heteroatoms. The molecule has 4 rings (SSSR count). The van der Waals surface area contributed by atoms with Crippen LogP contribution in [0.5, 0.6) is 5.75 Å². The molecule has 1 aromatic carbocycles. The van der Waals surface area contributed by atoms with Gasteiger partial charge in [0.15, 0.2) is 11.4 Å². The number of carbonyl (C=O) groups excluding carboxylic acids is 1. The highest BCUT2D eigenvalue weighted by atomic mass is 16.6. The van der Waals surface area contributed by atoms with Gasteiger partial charge in [0.25, 0.3) is 0 Å². The van der Waals surface area contributed by atoms with Crippen molar-refractivity contribution in [2.45, 2.75) is 46.1 Å². The summed E-state index contributed by atoms with van der Waals surface area (Å²) in [6.07, 6.45) is 3.66. The molecule has 0 spiro atoms. The number of ether oxygens (including phenoxy) is 2. The number of fused-ring (bicyclic) bond motifs is 1. The molecule has 158 valence electrons. The van der Waals surface area contributed by atoms with Gasteiger partial charge in [-0.15, -0.1) is 0 Å². The van der Waals surface area contributed by atoms with Gasteiger partial charge in [-0.3, -0.25) is 0 Å². The lowest BCUT2D eigenvalue weighted by molar-refractivity contribution is 0.0968. The third kappa shape index (κ3) is 3.99. The van der Waals surface area contributed by atoms with E-state index in [2.05, 4.69) is 36.6 Å². The highest BCUT2D eigenvalue weighted by Gasteiger charge is 2.28. The third-order valence-electron chi connectivity index (χ3n) is 5.89. The van der Waals surface area contributed by atoms with Crippen molar-refractivity contribution in [2.24, 2.45) is 0 Å². The van der Waals surface area contributed by atoms with Crippen LogP contribution in [0, 0.1) is 13.8 Å². The second kappa shape index (κ2) is 8.78. The first-order valence-electron chi connectivity index (χ1n) is 10.6. The van der Waals surface area contributed by atoms with Crippen LogP contribution in [0.15, 0.2) is 42.6 Å². The maximum atomic E-state index is 12.0. The molecule has 3 aromatic rings. The number of hydrogen-bond donors (Lipinski definition) is 0. The average molecular weight is 408 g/mol. The van der Waals surface area contributed by atoms with Crippen molar-refractivity contribution in [1.82, 2.24) is 14.3 Å². The minimum Gasteiger partial charge on any atom is -0.485 e. The van der Waals surface area contributed by atoms with Crippen LogP contribution >= 0.6 is 0 Å². The van der Waals surface area contributed by atoms with Gasteiger partial charge in [0.05, 0.1) is 12.3 Å². The molecule has 1 aliphatic rings. The van der Waals surface area contributed by atoms with Crippen molar-refractivity contribution in [3.05, 3.63) is 65.1 Å². The molecular weight excluding hydrogens is 378 g/mol. The van der Waals surface area contributed by atoms with E-state index in [1.165, 1.54) is 16.8 Å². The Bertz CT molecular complexity index is 1040. The van der Waals surface area contributed by atoms with E-state index in [0.29, 0.717) is 32.2 Å². The lowest BCUT2D eigenvalue weighted by atomic mass is 9.92. The number of hydrogen-bond acceptors (Lipinski definition) is 4. The molecule has 0 N–H and O–H groups in total. The number of benzene rings is 1. The summed E-state index contributed by atoms with van der Waals surface area (Å²) in [6, 6.07) is 12.3. The molecule has 1 saturated heterocycles. The van der Waals surface area contributed by atoms with E-state index in [0.717, 1.165) is 29.9 Å². The smallest absolute Gasteiger partial charge is 0.409 e. The molecule has 30 heavy (non-hydrogen) atoms. The molecule has 0 saturated carbocycles. The van der Waals surface area contributed by atoms with Gasteiger partial charge in [-0.1, -0.05) is 24.3 Å². The number of likely N-dealkylation sites (tertiary alicyclic amines) is 1. The molecular formula is C24H29N3O3. The number of amides is 1. The fourth-order valence-electron chi connectivity index (χ4n) is 4.26. The predicted octanol–water partition coefficient (Wildman–Crippen LogP) is 4.87. The summed E-state index contributed by atoms with van der Waals surface area (Å²) in [4.78, 5) is 18.6. The van der Waals surface area contributed by atoms with Crippen molar-refractivity contribution in [2.75, 3.05) is 19.7 Å². The fourth-order valence-corrected chi connectivity index (χ4v) is 4.26. The van der Waals surface area contributed by atoms with Gasteiger partial charge >= 0.3 is 6.09 Å². The number of carbonyl (C=O) groups is 1. The molecule has 1 fully saturated rings. The maximum absolute atomic E-state index is 12.0. The molecule has 6 nitrogen and oxygen atoms in total. The molecule has 3 heterocycles. The zero-order chi connectivity index (χ0) is 21.1. The Hall–Kier alpha value is -3.02. The zero-order valence-corrected chi connectivity index (χ0v) is 17.9. The van der Waals surface area contributed by atoms with E-state index < -0.39 is 0 Å². The Morgan fingerprint density at radius 3 is 2.63 bits per heavy atom. The van der Waals surface area contributed by atoms with E-state index in [1.807, 2.05) is 31.2 Å². The van der Waals surface area contributed by atoms with Crippen LogP contribution in [0.25, 0.3) is 5.65 Å². The number of piperidine rings is 1. The molecule has 0 atom stereocenters. The third-order valence-corrected chi connectivity index (χ3v) is 5.89. The quantitative estimate of drug-likeness (QED) is 0.606. The van der Waals surface area contributed by atoms with Crippen LogP contribution in [0.4, 0.5) is 4.79 Å². The number of nitrogens with zero attached hydrogens (tertiary/aromatic N) is 3. The molecule has 0 unspecified atom stereocenters. The van der Waals surface area contributed by atoms with E-state index >= 15 is 0 Å². The maximum Gasteiger partial charge on any atom is 0.409 e. The molecule has 1 amide bonds. The lowest BCUT2D eigenvalue weighted by Gasteiger charge is -2.31. The Kier molecular flexibility index (Phi) is 5.93. The number of pyridine rings is 1. The van der Waals surface area contributed by atoms with Gasteiger partial charge < -0.3 is 18.8 Å². The van der Waals surface area contributed by atoms with Crippen LogP contribution < -0.4 is 4.74 Å². The molecule has 0 radical (unpaired) electrons. The molecule has 0 aliphatic carbocycles. The number of rotatable bonds is 5. The fraction of sp³-hybridized carbons (Fsp3) is 0.417. The number of aromatic nitrogens is 2. The first-order valence-corrected chi connectivity index (χ1v) is 10.6. The standard InChI is InChI=1S/C24H29N3O3/c1-4-29-24(28)26-14-11-19(12-15-26)22-18(3)25-23-21(10-7-13-27(22)23)30-16-20-9-6-5-8-17(20)2/h5-10,13,19H,4,11-12,14-16H2,1-3H3. The van der Waals surface area contributed by atoms with Crippen LogP contribution in [0.2, 0.25) is 0 Å². The number of imidazole rings is 1. The average Bonchev–Trinajstić information content (AvgIpc) is 3.10. The van der Waals surface area contributed by atoms with Crippen molar-refractivity contribution >= 4 is 11.7 Å².